The number of amides is 1. The fraction of sp³-hybridized carbons (Fsp3) is 0.235. The molecule has 2 aromatic carbocycles. The third kappa shape index (κ3) is 4.15. The predicted molar refractivity (Wildman–Crippen MR) is 94.1 cm³/mol. The van der Waals surface area contributed by atoms with Crippen LogP contribution in [-0.2, 0) is 4.79 Å². The van der Waals surface area contributed by atoms with Crippen molar-refractivity contribution in [2.75, 3.05) is 42.8 Å². The third-order valence-corrected chi connectivity index (χ3v) is 3.53. The van der Waals surface area contributed by atoms with E-state index in [1.807, 2.05) is 73.4 Å². The number of nitrogens with zero attached hydrogens (tertiary/aromatic N) is 2. The minimum Gasteiger partial charge on any atom is -0.376 e. The van der Waals surface area contributed by atoms with Gasteiger partial charge in [0.2, 0.25) is 5.91 Å². The van der Waals surface area contributed by atoms with E-state index in [2.05, 4.69) is 5.32 Å². The number of anilines is 3. The highest BCUT2D eigenvalue weighted by molar-refractivity contribution is 6.31. The molecule has 0 unspecified atom stereocenters. The summed E-state index contributed by atoms with van der Waals surface area (Å²) in [5, 5.41) is 3.52. The van der Waals surface area contributed by atoms with Crippen molar-refractivity contribution in [1.29, 1.82) is 0 Å². The highest BCUT2D eigenvalue weighted by Crippen LogP contribution is 2.27. The van der Waals surface area contributed by atoms with Gasteiger partial charge in [-0.3, -0.25) is 4.79 Å². The van der Waals surface area contributed by atoms with Gasteiger partial charge in [-0.2, -0.15) is 0 Å². The van der Waals surface area contributed by atoms with Gasteiger partial charge in [-0.15, -0.1) is 0 Å². The number of likely N-dealkylation sites (N-methyl/N-ethyl adjacent to an activating group) is 1. The van der Waals surface area contributed by atoms with Gasteiger partial charge >= 0.3 is 0 Å². The molecule has 0 aliphatic heterocycles. The summed E-state index contributed by atoms with van der Waals surface area (Å²) in [4.78, 5) is 16.1. The standard InChI is InChI=1S/C17H20ClN3O/c1-20(2)16-10-9-13(18)11-15(16)19-17(22)12-21(3)14-7-5-4-6-8-14/h4-11H,12H2,1-3H3,(H,19,22). The first-order valence-electron chi connectivity index (χ1n) is 7.00. The Morgan fingerprint density at radius 2 is 1.77 bits per heavy atom. The van der Waals surface area contributed by atoms with Crippen molar-refractivity contribution in [3.05, 3.63) is 53.6 Å². The number of rotatable bonds is 5. The molecule has 0 bridgehead atoms. The minimum atomic E-state index is -0.0864. The van der Waals surface area contributed by atoms with Gasteiger partial charge in [-0.25, -0.2) is 0 Å². The van der Waals surface area contributed by atoms with E-state index in [4.69, 9.17) is 11.6 Å². The zero-order valence-electron chi connectivity index (χ0n) is 13.0. The number of carbonyl (C=O) groups excluding carboxylic acids is 1. The molecule has 5 heteroatoms. The predicted octanol–water partition coefficient (Wildman–Crippen LogP) is 3.48. The van der Waals surface area contributed by atoms with Gasteiger partial charge in [0, 0.05) is 31.9 Å². The van der Waals surface area contributed by atoms with Crippen molar-refractivity contribution in [3.8, 4) is 0 Å². The van der Waals surface area contributed by atoms with Crippen molar-refractivity contribution in [2.24, 2.45) is 0 Å². The van der Waals surface area contributed by atoms with Gasteiger partial charge in [0.25, 0.3) is 0 Å². The summed E-state index contributed by atoms with van der Waals surface area (Å²) >= 11 is 6.03. The van der Waals surface area contributed by atoms with Crippen LogP contribution in [-0.4, -0.2) is 33.6 Å². The van der Waals surface area contributed by atoms with Crippen LogP contribution in [0.1, 0.15) is 0 Å². The lowest BCUT2D eigenvalue weighted by Crippen LogP contribution is -2.30. The Morgan fingerprint density at radius 3 is 2.41 bits per heavy atom. The van der Waals surface area contributed by atoms with Crippen LogP contribution in [0.3, 0.4) is 0 Å². The number of hydrogen-bond donors (Lipinski definition) is 1. The molecule has 22 heavy (non-hydrogen) atoms. The van der Waals surface area contributed by atoms with E-state index in [1.165, 1.54) is 0 Å². The van der Waals surface area contributed by atoms with Crippen molar-refractivity contribution >= 4 is 34.6 Å². The molecule has 0 atom stereocenters. The second-order valence-corrected chi connectivity index (χ2v) is 5.73. The Bertz CT molecular complexity index is 644. The number of para-hydroxylation sites is 1. The minimum absolute atomic E-state index is 0.0864. The van der Waals surface area contributed by atoms with E-state index in [-0.39, 0.29) is 12.5 Å². The average molecular weight is 318 g/mol. The SMILES string of the molecule is CN(C)c1ccc(Cl)cc1NC(=O)CN(C)c1ccccc1. The van der Waals surface area contributed by atoms with E-state index in [1.54, 1.807) is 6.07 Å². The largest absolute Gasteiger partial charge is 0.376 e. The molecule has 1 N–H and O–H groups in total. The first-order valence-corrected chi connectivity index (χ1v) is 7.38. The van der Waals surface area contributed by atoms with Crippen LogP contribution in [0.2, 0.25) is 5.02 Å². The van der Waals surface area contributed by atoms with Crippen LogP contribution in [0.25, 0.3) is 0 Å². The topological polar surface area (TPSA) is 35.6 Å². The van der Waals surface area contributed by atoms with Gasteiger partial charge in [0.15, 0.2) is 0 Å². The highest BCUT2D eigenvalue weighted by atomic mass is 35.5. The summed E-state index contributed by atoms with van der Waals surface area (Å²) in [7, 11) is 5.74. The van der Waals surface area contributed by atoms with Gasteiger partial charge < -0.3 is 15.1 Å². The van der Waals surface area contributed by atoms with Crippen LogP contribution in [0, 0.1) is 0 Å². The van der Waals surface area contributed by atoms with Crippen molar-refractivity contribution in [1.82, 2.24) is 0 Å². The van der Waals surface area contributed by atoms with Crippen molar-refractivity contribution in [2.45, 2.75) is 0 Å². The summed E-state index contributed by atoms with van der Waals surface area (Å²) in [6.45, 7) is 0.267. The van der Waals surface area contributed by atoms with Gasteiger partial charge in [-0.1, -0.05) is 29.8 Å². The number of benzene rings is 2. The van der Waals surface area contributed by atoms with Crippen molar-refractivity contribution < 1.29 is 4.79 Å². The van der Waals surface area contributed by atoms with E-state index in [0.29, 0.717) is 10.7 Å². The molecule has 0 aromatic heterocycles. The van der Waals surface area contributed by atoms with Crippen molar-refractivity contribution in [3.63, 3.8) is 0 Å². The van der Waals surface area contributed by atoms with Crippen LogP contribution in [0.15, 0.2) is 48.5 Å². The lowest BCUT2D eigenvalue weighted by Gasteiger charge is -2.21. The van der Waals surface area contributed by atoms with E-state index >= 15 is 0 Å². The maximum Gasteiger partial charge on any atom is 0.243 e. The first kappa shape index (κ1) is 16.2. The molecule has 2 rings (SSSR count). The van der Waals surface area contributed by atoms with E-state index in [9.17, 15) is 4.79 Å². The van der Waals surface area contributed by atoms with Gasteiger partial charge in [0.1, 0.15) is 0 Å². The number of carbonyl (C=O) groups is 1. The fourth-order valence-corrected chi connectivity index (χ4v) is 2.35. The maximum absolute atomic E-state index is 12.3. The Kier molecular flexibility index (Phi) is 5.28. The molecule has 0 fully saturated rings. The van der Waals surface area contributed by atoms with Gasteiger partial charge in [-0.05, 0) is 30.3 Å². The molecule has 0 aliphatic rings. The van der Waals surface area contributed by atoms with E-state index < -0.39 is 0 Å². The zero-order valence-corrected chi connectivity index (χ0v) is 13.8. The summed E-state index contributed by atoms with van der Waals surface area (Å²) in [5.41, 5.74) is 2.63. The molecule has 2 aromatic rings. The number of halogens is 1. The van der Waals surface area contributed by atoms with Gasteiger partial charge in [0.05, 0.1) is 17.9 Å². The normalized spacial score (nSPS) is 10.2. The molecule has 0 spiro atoms. The summed E-state index contributed by atoms with van der Waals surface area (Å²) in [6.07, 6.45) is 0. The second kappa shape index (κ2) is 7.18. The van der Waals surface area contributed by atoms with Crippen LogP contribution in [0.5, 0.6) is 0 Å². The Balaban J connectivity index is 2.08. The first-order chi connectivity index (χ1) is 10.5. The molecule has 0 saturated carbocycles. The smallest absolute Gasteiger partial charge is 0.243 e. The summed E-state index contributed by atoms with van der Waals surface area (Å²) < 4.78 is 0. The molecule has 0 radical (unpaired) electrons. The highest BCUT2D eigenvalue weighted by Gasteiger charge is 2.11. The Hall–Kier alpha value is -2.20. The Morgan fingerprint density at radius 1 is 1.09 bits per heavy atom. The summed E-state index contributed by atoms with van der Waals surface area (Å²) in [6, 6.07) is 15.2. The average Bonchev–Trinajstić information content (AvgIpc) is 2.47. The quantitative estimate of drug-likeness (QED) is 0.917. The van der Waals surface area contributed by atoms with Crippen LogP contribution >= 0.6 is 11.6 Å². The molecule has 4 nitrogen and oxygen atoms in total. The Labute approximate surface area is 136 Å². The molecule has 0 heterocycles. The molecule has 116 valence electrons. The van der Waals surface area contributed by atoms with Crippen LogP contribution < -0.4 is 15.1 Å². The van der Waals surface area contributed by atoms with Crippen LogP contribution in [0.4, 0.5) is 17.1 Å². The third-order valence-electron chi connectivity index (χ3n) is 3.29. The number of hydrogen-bond acceptors (Lipinski definition) is 3. The maximum atomic E-state index is 12.3. The molecular formula is C17H20ClN3O. The monoisotopic (exact) mass is 317 g/mol. The zero-order chi connectivity index (χ0) is 16.1. The summed E-state index contributed by atoms with van der Waals surface area (Å²) in [5.74, 6) is -0.0864. The lowest BCUT2D eigenvalue weighted by atomic mass is 10.2. The molecule has 1 amide bonds. The van der Waals surface area contributed by atoms with E-state index in [0.717, 1.165) is 11.4 Å². The number of nitrogens with one attached hydrogen (secondary N) is 1. The molecular weight excluding hydrogens is 298 g/mol. The second-order valence-electron chi connectivity index (χ2n) is 5.30. The molecule has 0 saturated heterocycles. The lowest BCUT2D eigenvalue weighted by molar-refractivity contribution is -0.114. The molecule has 0 aliphatic carbocycles. The fourth-order valence-electron chi connectivity index (χ4n) is 2.18.